The van der Waals surface area contributed by atoms with Crippen LogP contribution in [0.2, 0.25) is 0 Å². The smallest absolute Gasteiger partial charge is 0.407 e. The Hall–Kier alpha value is -1.79. The van der Waals surface area contributed by atoms with Gasteiger partial charge in [-0.3, -0.25) is 9.59 Å². The summed E-state index contributed by atoms with van der Waals surface area (Å²) in [5.41, 5.74) is -0.581. The van der Waals surface area contributed by atoms with Crippen LogP contribution < -0.4 is 5.32 Å². The number of ether oxygens (including phenoxy) is 2. The van der Waals surface area contributed by atoms with Crippen molar-refractivity contribution in [3.05, 3.63) is 0 Å². The number of carbonyl (C=O) groups excluding carboxylic acids is 3. The third-order valence-corrected chi connectivity index (χ3v) is 1.85. The Labute approximate surface area is 113 Å². The highest BCUT2D eigenvalue weighted by Crippen LogP contribution is 2.06. The maximum Gasteiger partial charge on any atom is 0.407 e. The van der Waals surface area contributed by atoms with Crippen LogP contribution in [0, 0.1) is 0 Å². The second kappa shape index (κ2) is 7.60. The Morgan fingerprint density at radius 3 is 2.21 bits per heavy atom. The minimum Gasteiger partial charge on any atom is -0.456 e. The Kier molecular flexibility index (Phi) is 6.89. The van der Waals surface area contributed by atoms with E-state index in [1.807, 2.05) is 0 Å². The third kappa shape index (κ3) is 9.87. The molecule has 0 spiro atoms. The molecule has 0 heterocycles. The summed E-state index contributed by atoms with van der Waals surface area (Å²) < 4.78 is 9.71. The highest BCUT2D eigenvalue weighted by Gasteiger charge is 2.16. The predicted molar refractivity (Wildman–Crippen MR) is 68.5 cm³/mol. The normalized spacial score (nSPS) is 10.6. The van der Waals surface area contributed by atoms with Gasteiger partial charge in [-0.05, 0) is 20.8 Å². The van der Waals surface area contributed by atoms with Crippen LogP contribution in [0.5, 0.6) is 0 Å². The van der Waals surface area contributed by atoms with Gasteiger partial charge in [0.15, 0.2) is 6.61 Å². The molecule has 0 radical (unpaired) electrons. The van der Waals surface area contributed by atoms with Crippen molar-refractivity contribution in [2.24, 2.45) is 0 Å². The molecule has 0 aliphatic carbocycles. The lowest BCUT2D eigenvalue weighted by atomic mass is 10.2. The van der Waals surface area contributed by atoms with Crippen molar-refractivity contribution in [1.29, 1.82) is 0 Å². The monoisotopic (exact) mass is 274 g/mol. The number of amides is 2. The van der Waals surface area contributed by atoms with Crippen LogP contribution in [0.15, 0.2) is 0 Å². The van der Waals surface area contributed by atoms with Crippen LogP contribution in [0.1, 0.15) is 27.2 Å². The number of rotatable bonds is 5. The van der Waals surface area contributed by atoms with E-state index in [0.717, 1.165) is 0 Å². The summed E-state index contributed by atoms with van der Waals surface area (Å²) >= 11 is 0. The van der Waals surface area contributed by atoms with Crippen molar-refractivity contribution in [1.82, 2.24) is 10.2 Å². The minimum absolute atomic E-state index is 0.0139. The minimum atomic E-state index is -0.593. The summed E-state index contributed by atoms with van der Waals surface area (Å²) in [5, 5.41) is 2.42. The molecule has 0 saturated heterocycles. The molecule has 0 aliphatic heterocycles. The summed E-state index contributed by atoms with van der Waals surface area (Å²) in [4.78, 5) is 35.0. The van der Waals surface area contributed by atoms with E-state index in [2.05, 4.69) is 5.32 Å². The molecule has 0 rings (SSSR count). The van der Waals surface area contributed by atoms with Crippen LogP contribution in [0.3, 0.4) is 0 Å². The second-order valence-corrected chi connectivity index (χ2v) is 5.13. The highest BCUT2D eigenvalue weighted by atomic mass is 16.6. The van der Waals surface area contributed by atoms with E-state index < -0.39 is 17.7 Å². The molecule has 0 bridgehead atoms. The Morgan fingerprint density at radius 1 is 1.16 bits per heavy atom. The summed E-state index contributed by atoms with van der Waals surface area (Å²) in [6, 6.07) is 0. The third-order valence-electron chi connectivity index (χ3n) is 1.85. The molecule has 0 aliphatic rings. The number of hydrogen-bond acceptors (Lipinski definition) is 5. The highest BCUT2D eigenvalue weighted by molar-refractivity contribution is 5.80. The lowest BCUT2D eigenvalue weighted by molar-refractivity contribution is -0.150. The number of hydrogen-bond donors (Lipinski definition) is 1. The Bertz CT molecular complexity index is 334. The number of nitrogens with one attached hydrogen (secondary N) is 1. The maximum atomic E-state index is 11.3. The maximum absolute atomic E-state index is 11.3. The van der Waals surface area contributed by atoms with Gasteiger partial charge in [0.1, 0.15) is 5.60 Å². The van der Waals surface area contributed by atoms with E-state index in [0.29, 0.717) is 0 Å². The first-order valence-corrected chi connectivity index (χ1v) is 5.94. The fourth-order valence-corrected chi connectivity index (χ4v) is 0.924. The van der Waals surface area contributed by atoms with Gasteiger partial charge in [0, 0.05) is 20.6 Å². The molecule has 0 aromatic carbocycles. The lowest BCUT2D eigenvalue weighted by Crippen LogP contribution is -2.34. The first-order valence-electron chi connectivity index (χ1n) is 5.94. The molecule has 2 amide bonds. The van der Waals surface area contributed by atoms with Crippen molar-refractivity contribution in [2.45, 2.75) is 32.8 Å². The first kappa shape index (κ1) is 17.2. The summed E-state index contributed by atoms with van der Waals surface area (Å²) in [7, 11) is 3.14. The van der Waals surface area contributed by atoms with Crippen LogP contribution in [0.25, 0.3) is 0 Å². The van der Waals surface area contributed by atoms with Crippen molar-refractivity contribution < 1.29 is 23.9 Å². The summed E-state index contributed by atoms with van der Waals surface area (Å²) in [6.07, 6.45) is -0.607. The Balaban J connectivity index is 3.75. The number of nitrogens with zero attached hydrogens (tertiary/aromatic N) is 1. The molecule has 0 saturated carbocycles. The van der Waals surface area contributed by atoms with Gasteiger partial charge in [-0.2, -0.15) is 0 Å². The number of alkyl carbamates (subject to hydrolysis) is 1. The van der Waals surface area contributed by atoms with Gasteiger partial charge < -0.3 is 19.7 Å². The molecule has 0 fully saturated rings. The molecule has 1 N–H and O–H groups in total. The molecule has 19 heavy (non-hydrogen) atoms. The van der Waals surface area contributed by atoms with E-state index in [1.54, 1.807) is 34.9 Å². The standard InChI is InChI=1S/C12H22N2O5/c1-12(2,3)19-11(17)13-7-6-10(16)18-8-9(15)14(4)5/h6-8H2,1-5H3,(H,13,17). The van der Waals surface area contributed by atoms with Crippen LogP contribution in [-0.2, 0) is 19.1 Å². The van der Waals surface area contributed by atoms with Gasteiger partial charge in [0.2, 0.25) is 0 Å². The average Bonchev–Trinajstić information content (AvgIpc) is 2.23. The van der Waals surface area contributed by atoms with Gasteiger partial charge in [-0.1, -0.05) is 0 Å². The van der Waals surface area contributed by atoms with Crippen molar-refractivity contribution in [3.8, 4) is 0 Å². The first-order chi connectivity index (χ1) is 8.61. The van der Waals surface area contributed by atoms with E-state index in [4.69, 9.17) is 9.47 Å². The SMILES string of the molecule is CN(C)C(=O)COC(=O)CCNC(=O)OC(C)(C)C. The molecule has 0 aromatic heterocycles. The summed E-state index contributed by atoms with van der Waals surface area (Å²) in [5.74, 6) is -0.847. The summed E-state index contributed by atoms with van der Waals surface area (Å²) in [6.45, 7) is 5.04. The zero-order valence-corrected chi connectivity index (χ0v) is 12.1. The quantitative estimate of drug-likeness (QED) is 0.739. The van der Waals surface area contributed by atoms with Crippen LogP contribution >= 0.6 is 0 Å². The van der Waals surface area contributed by atoms with E-state index >= 15 is 0 Å². The zero-order valence-electron chi connectivity index (χ0n) is 12.1. The van der Waals surface area contributed by atoms with Crippen LogP contribution in [-0.4, -0.2) is 55.7 Å². The van der Waals surface area contributed by atoms with Gasteiger partial charge >= 0.3 is 12.1 Å². The number of likely N-dealkylation sites (N-methyl/N-ethyl adjacent to an activating group) is 1. The molecular formula is C12H22N2O5. The average molecular weight is 274 g/mol. The molecule has 0 atom stereocenters. The van der Waals surface area contributed by atoms with Crippen LogP contribution in [0.4, 0.5) is 4.79 Å². The number of carbonyl (C=O) groups is 3. The fourth-order valence-electron chi connectivity index (χ4n) is 0.924. The lowest BCUT2D eigenvalue weighted by Gasteiger charge is -2.19. The topological polar surface area (TPSA) is 84.9 Å². The zero-order chi connectivity index (χ0) is 15.1. The van der Waals surface area contributed by atoms with Gasteiger partial charge in [-0.15, -0.1) is 0 Å². The molecular weight excluding hydrogens is 252 g/mol. The molecule has 7 heteroatoms. The molecule has 110 valence electrons. The molecule has 0 unspecified atom stereocenters. The van der Waals surface area contributed by atoms with Gasteiger partial charge in [-0.25, -0.2) is 4.79 Å². The second-order valence-electron chi connectivity index (χ2n) is 5.13. The van der Waals surface area contributed by atoms with Crippen molar-refractivity contribution >= 4 is 18.0 Å². The predicted octanol–water partition coefficient (Wildman–Crippen LogP) is 0.533. The fraction of sp³-hybridized carbons (Fsp3) is 0.750. The molecule has 7 nitrogen and oxygen atoms in total. The van der Waals surface area contributed by atoms with Crippen molar-refractivity contribution in [3.63, 3.8) is 0 Å². The van der Waals surface area contributed by atoms with E-state index in [9.17, 15) is 14.4 Å². The van der Waals surface area contributed by atoms with E-state index in [-0.39, 0.29) is 25.5 Å². The van der Waals surface area contributed by atoms with Crippen molar-refractivity contribution in [2.75, 3.05) is 27.2 Å². The largest absolute Gasteiger partial charge is 0.456 e. The van der Waals surface area contributed by atoms with E-state index in [1.165, 1.54) is 4.90 Å². The van der Waals surface area contributed by atoms with Gasteiger partial charge in [0.25, 0.3) is 5.91 Å². The number of esters is 1. The van der Waals surface area contributed by atoms with Gasteiger partial charge in [0.05, 0.1) is 6.42 Å². The Morgan fingerprint density at radius 2 is 1.74 bits per heavy atom. The molecule has 0 aromatic rings.